The molecule has 0 amide bonds. The van der Waals surface area contributed by atoms with Crippen LogP contribution in [0.1, 0.15) is 26.7 Å². The van der Waals surface area contributed by atoms with Gasteiger partial charge in [-0.05, 0) is 19.0 Å². The van der Waals surface area contributed by atoms with Crippen LogP contribution in [0.4, 0.5) is 5.69 Å². The molecule has 0 saturated carbocycles. The molecule has 0 heterocycles. The molecule has 1 N–H and O–H groups in total. The first-order valence-electron chi connectivity index (χ1n) is 6.62. The normalized spacial score (nSPS) is 13.1. The van der Waals surface area contributed by atoms with Gasteiger partial charge >= 0.3 is 0 Å². The maximum atomic E-state index is 12.4. The van der Waals surface area contributed by atoms with Crippen molar-refractivity contribution in [1.82, 2.24) is 5.32 Å². The molecule has 7 heteroatoms. The van der Waals surface area contributed by atoms with E-state index in [1.54, 1.807) is 0 Å². The Balaban J connectivity index is 3.07. The highest BCUT2D eigenvalue weighted by Crippen LogP contribution is 2.24. The lowest BCUT2D eigenvalue weighted by Crippen LogP contribution is -2.35. The van der Waals surface area contributed by atoms with E-state index in [-0.39, 0.29) is 22.4 Å². The van der Waals surface area contributed by atoms with Crippen LogP contribution in [-0.4, -0.2) is 31.7 Å². The van der Waals surface area contributed by atoms with Crippen molar-refractivity contribution in [3.63, 3.8) is 0 Å². The van der Waals surface area contributed by atoms with Crippen LogP contribution in [-0.2, 0) is 9.84 Å². The van der Waals surface area contributed by atoms with E-state index >= 15 is 0 Å². The zero-order chi connectivity index (χ0) is 15.2. The fraction of sp³-hybridized carbons (Fsp3) is 0.538. The molecule has 0 aromatic heterocycles. The van der Waals surface area contributed by atoms with Crippen LogP contribution in [0.15, 0.2) is 29.2 Å². The van der Waals surface area contributed by atoms with Crippen molar-refractivity contribution in [2.24, 2.45) is 0 Å². The van der Waals surface area contributed by atoms with Gasteiger partial charge in [-0.3, -0.25) is 10.1 Å². The van der Waals surface area contributed by atoms with Crippen molar-refractivity contribution in [2.75, 3.05) is 12.3 Å². The first kappa shape index (κ1) is 16.6. The Morgan fingerprint density at radius 1 is 1.30 bits per heavy atom. The van der Waals surface area contributed by atoms with E-state index in [1.165, 1.54) is 24.3 Å². The maximum absolute atomic E-state index is 12.4. The van der Waals surface area contributed by atoms with Crippen LogP contribution in [0.25, 0.3) is 0 Å². The second-order valence-corrected chi connectivity index (χ2v) is 6.55. The van der Waals surface area contributed by atoms with E-state index in [0.29, 0.717) is 13.0 Å². The number of para-hydroxylation sites is 1. The van der Waals surface area contributed by atoms with E-state index in [0.717, 1.165) is 6.42 Å². The molecule has 0 fully saturated rings. The summed E-state index contributed by atoms with van der Waals surface area (Å²) in [7, 11) is -3.68. The highest BCUT2D eigenvalue weighted by Gasteiger charge is 2.27. The summed E-state index contributed by atoms with van der Waals surface area (Å²) in [4.78, 5) is 10.1. The summed E-state index contributed by atoms with van der Waals surface area (Å²) >= 11 is 0. The molecule has 1 aromatic carbocycles. The Morgan fingerprint density at radius 3 is 2.50 bits per heavy atom. The van der Waals surface area contributed by atoms with Crippen LogP contribution in [0.5, 0.6) is 0 Å². The van der Waals surface area contributed by atoms with Gasteiger partial charge in [-0.25, -0.2) is 8.42 Å². The summed E-state index contributed by atoms with van der Waals surface area (Å²) < 4.78 is 24.7. The first-order chi connectivity index (χ1) is 9.42. The van der Waals surface area contributed by atoms with Crippen LogP contribution in [0, 0.1) is 10.1 Å². The van der Waals surface area contributed by atoms with Crippen LogP contribution in [0.3, 0.4) is 0 Å². The van der Waals surface area contributed by atoms with Crippen molar-refractivity contribution in [3.8, 4) is 0 Å². The van der Waals surface area contributed by atoms with Crippen molar-refractivity contribution >= 4 is 15.5 Å². The minimum absolute atomic E-state index is 0.125. The quantitative estimate of drug-likeness (QED) is 0.587. The van der Waals surface area contributed by atoms with Gasteiger partial charge in [-0.1, -0.05) is 32.4 Å². The molecule has 0 aliphatic heterocycles. The van der Waals surface area contributed by atoms with Crippen LogP contribution >= 0.6 is 0 Å². The van der Waals surface area contributed by atoms with Gasteiger partial charge in [0.15, 0.2) is 9.84 Å². The van der Waals surface area contributed by atoms with Crippen molar-refractivity contribution in [1.29, 1.82) is 0 Å². The molecule has 1 rings (SSSR count). The number of benzene rings is 1. The molecule has 0 spiro atoms. The minimum atomic E-state index is -3.68. The summed E-state index contributed by atoms with van der Waals surface area (Å²) in [6.07, 6.45) is 1.57. The number of nitrogens with one attached hydrogen (secondary N) is 1. The Morgan fingerprint density at radius 2 is 1.95 bits per heavy atom. The molecule has 0 saturated heterocycles. The van der Waals surface area contributed by atoms with E-state index in [2.05, 4.69) is 5.32 Å². The van der Waals surface area contributed by atoms with E-state index in [1.807, 2.05) is 13.8 Å². The summed E-state index contributed by atoms with van der Waals surface area (Å²) in [5, 5.41) is 14.0. The Labute approximate surface area is 119 Å². The molecule has 0 radical (unpaired) electrons. The van der Waals surface area contributed by atoms with Crippen molar-refractivity contribution < 1.29 is 13.3 Å². The molecule has 112 valence electrons. The van der Waals surface area contributed by atoms with Gasteiger partial charge < -0.3 is 5.32 Å². The number of hydrogen-bond donors (Lipinski definition) is 1. The molecule has 0 aliphatic carbocycles. The average molecular weight is 300 g/mol. The zero-order valence-corrected chi connectivity index (χ0v) is 12.5. The van der Waals surface area contributed by atoms with Gasteiger partial charge in [0.25, 0.3) is 5.69 Å². The van der Waals surface area contributed by atoms with Gasteiger partial charge in [0.05, 0.1) is 10.7 Å². The van der Waals surface area contributed by atoms with E-state index in [4.69, 9.17) is 0 Å². The SMILES string of the molecule is CCCC(CS(=O)(=O)c1ccccc1[N+](=O)[O-])NCC. The maximum Gasteiger partial charge on any atom is 0.287 e. The highest BCUT2D eigenvalue weighted by atomic mass is 32.2. The van der Waals surface area contributed by atoms with Gasteiger partial charge in [0, 0.05) is 12.1 Å². The second-order valence-electron chi connectivity index (χ2n) is 4.55. The Hall–Kier alpha value is -1.47. The molecule has 20 heavy (non-hydrogen) atoms. The lowest BCUT2D eigenvalue weighted by molar-refractivity contribution is -0.387. The number of nitro benzene ring substituents is 1. The van der Waals surface area contributed by atoms with Crippen molar-refractivity contribution in [3.05, 3.63) is 34.4 Å². The summed E-state index contributed by atoms with van der Waals surface area (Å²) in [6.45, 7) is 4.54. The third-order valence-electron chi connectivity index (χ3n) is 2.95. The lowest BCUT2D eigenvalue weighted by Gasteiger charge is -2.17. The zero-order valence-electron chi connectivity index (χ0n) is 11.7. The summed E-state index contributed by atoms with van der Waals surface area (Å²) in [6, 6.07) is 5.29. The predicted molar refractivity (Wildman–Crippen MR) is 77.5 cm³/mol. The summed E-state index contributed by atoms with van der Waals surface area (Å²) in [5.74, 6) is -0.125. The molecule has 0 aliphatic rings. The first-order valence-corrected chi connectivity index (χ1v) is 8.27. The van der Waals surface area contributed by atoms with Gasteiger partial charge in [0.1, 0.15) is 4.90 Å². The van der Waals surface area contributed by atoms with Gasteiger partial charge in [-0.15, -0.1) is 0 Å². The largest absolute Gasteiger partial charge is 0.313 e. The third-order valence-corrected chi connectivity index (χ3v) is 4.80. The van der Waals surface area contributed by atoms with Crippen LogP contribution in [0.2, 0.25) is 0 Å². The Kier molecular flexibility index (Phi) is 6.09. The van der Waals surface area contributed by atoms with Crippen molar-refractivity contribution in [2.45, 2.75) is 37.6 Å². The summed E-state index contributed by atoms with van der Waals surface area (Å²) in [5.41, 5.74) is -0.362. The van der Waals surface area contributed by atoms with E-state index < -0.39 is 14.8 Å². The molecule has 1 aromatic rings. The average Bonchev–Trinajstić information content (AvgIpc) is 2.39. The topological polar surface area (TPSA) is 89.3 Å². The monoisotopic (exact) mass is 300 g/mol. The second kappa shape index (κ2) is 7.35. The number of rotatable bonds is 8. The number of nitrogens with zero attached hydrogens (tertiary/aromatic N) is 1. The van der Waals surface area contributed by atoms with Gasteiger partial charge in [-0.2, -0.15) is 0 Å². The molecular weight excluding hydrogens is 280 g/mol. The van der Waals surface area contributed by atoms with Gasteiger partial charge in [0.2, 0.25) is 0 Å². The Bertz CT molecular complexity index is 551. The molecule has 0 bridgehead atoms. The number of nitro groups is 1. The van der Waals surface area contributed by atoms with Crippen LogP contribution < -0.4 is 5.32 Å². The minimum Gasteiger partial charge on any atom is -0.313 e. The number of sulfone groups is 1. The molecule has 6 nitrogen and oxygen atoms in total. The lowest BCUT2D eigenvalue weighted by atomic mass is 10.2. The molecular formula is C13H20N2O4S. The predicted octanol–water partition coefficient (Wildman–Crippen LogP) is 2.15. The molecule has 1 unspecified atom stereocenters. The molecule has 1 atom stereocenters. The highest BCUT2D eigenvalue weighted by molar-refractivity contribution is 7.91. The number of hydrogen-bond acceptors (Lipinski definition) is 5. The fourth-order valence-corrected chi connectivity index (χ4v) is 3.85. The smallest absolute Gasteiger partial charge is 0.287 e. The third kappa shape index (κ3) is 4.28. The fourth-order valence-electron chi connectivity index (χ4n) is 2.11. The standard InChI is InChI=1S/C13H20N2O4S/c1-3-7-11(14-4-2)10-20(18,19)13-9-6-5-8-12(13)15(16)17/h5-6,8-9,11,14H,3-4,7,10H2,1-2H3. The van der Waals surface area contributed by atoms with E-state index in [9.17, 15) is 18.5 Å².